The number of carbonyl (C=O) groups excluding carboxylic acids is 1. The summed E-state index contributed by atoms with van der Waals surface area (Å²) in [4.78, 5) is 21.5. The van der Waals surface area contributed by atoms with E-state index < -0.39 is 22.3 Å². The number of nitro groups is 1. The van der Waals surface area contributed by atoms with Crippen molar-refractivity contribution in [1.82, 2.24) is 10.6 Å². The maximum absolute atomic E-state index is 12.8. The number of nitrogens with zero attached hydrogens (tertiary/aromatic N) is 1. The first-order valence-electron chi connectivity index (χ1n) is 4.93. The summed E-state index contributed by atoms with van der Waals surface area (Å²) in [5.41, 5.74) is -0.681. The van der Waals surface area contributed by atoms with E-state index in [2.05, 4.69) is 10.6 Å². The van der Waals surface area contributed by atoms with E-state index in [0.717, 1.165) is 18.2 Å². The minimum Gasteiger partial charge on any atom is -0.351 e. The smallest absolute Gasteiger partial charge is 0.285 e. The van der Waals surface area contributed by atoms with E-state index in [0.29, 0.717) is 13.1 Å². The zero-order valence-electron chi connectivity index (χ0n) is 9.60. The third-order valence-corrected chi connectivity index (χ3v) is 2.06. The Bertz CT molecular complexity index is 442. The maximum atomic E-state index is 12.8. The lowest BCUT2D eigenvalue weighted by atomic mass is 10.1. The molecule has 0 aliphatic carbocycles. The van der Waals surface area contributed by atoms with Gasteiger partial charge in [0.15, 0.2) is 0 Å². The molecule has 0 fully saturated rings. The van der Waals surface area contributed by atoms with Gasteiger partial charge in [0, 0.05) is 13.1 Å². The molecule has 1 rings (SSSR count). The normalized spacial score (nSPS) is 9.44. The SMILES string of the molecule is CNCCNC(=O)c1ccc(F)cc1[N+](=O)[O-].Cl. The molecular formula is C10H13ClFN3O3. The third kappa shape index (κ3) is 4.27. The number of rotatable bonds is 5. The van der Waals surface area contributed by atoms with Gasteiger partial charge in [0.25, 0.3) is 11.6 Å². The molecule has 0 atom stereocenters. The Morgan fingerprint density at radius 2 is 2.11 bits per heavy atom. The number of carbonyl (C=O) groups is 1. The molecule has 0 saturated carbocycles. The van der Waals surface area contributed by atoms with Crippen molar-refractivity contribution in [2.45, 2.75) is 0 Å². The van der Waals surface area contributed by atoms with Crippen LogP contribution in [-0.4, -0.2) is 31.0 Å². The van der Waals surface area contributed by atoms with E-state index >= 15 is 0 Å². The molecule has 100 valence electrons. The second-order valence-corrected chi connectivity index (χ2v) is 3.28. The minimum absolute atomic E-state index is 0. The Labute approximate surface area is 109 Å². The zero-order valence-corrected chi connectivity index (χ0v) is 10.4. The fourth-order valence-corrected chi connectivity index (χ4v) is 1.24. The van der Waals surface area contributed by atoms with Crippen LogP contribution in [0.2, 0.25) is 0 Å². The molecule has 0 radical (unpaired) electrons. The molecule has 0 spiro atoms. The molecule has 8 heteroatoms. The van der Waals surface area contributed by atoms with E-state index in [1.54, 1.807) is 7.05 Å². The average molecular weight is 278 g/mol. The van der Waals surface area contributed by atoms with Crippen molar-refractivity contribution in [3.8, 4) is 0 Å². The van der Waals surface area contributed by atoms with Gasteiger partial charge in [-0.3, -0.25) is 14.9 Å². The summed E-state index contributed by atoms with van der Waals surface area (Å²) in [5.74, 6) is -1.34. The van der Waals surface area contributed by atoms with Crippen LogP contribution >= 0.6 is 12.4 Å². The van der Waals surface area contributed by atoms with Gasteiger partial charge < -0.3 is 10.6 Å². The Hall–Kier alpha value is -1.73. The maximum Gasteiger partial charge on any atom is 0.285 e. The van der Waals surface area contributed by atoms with Crippen LogP contribution in [0.1, 0.15) is 10.4 Å². The molecule has 1 amide bonds. The van der Waals surface area contributed by atoms with E-state index in [4.69, 9.17) is 0 Å². The van der Waals surface area contributed by atoms with Gasteiger partial charge in [-0.15, -0.1) is 12.4 Å². The summed E-state index contributed by atoms with van der Waals surface area (Å²) in [6.07, 6.45) is 0. The summed E-state index contributed by atoms with van der Waals surface area (Å²) in [7, 11) is 1.71. The first kappa shape index (κ1) is 16.3. The largest absolute Gasteiger partial charge is 0.351 e. The molecule has 0 bridgehead atoms. The molecule has 0 aliphatic heterocycles. The third-order valence-electron chi connectivity index (χ3n) is 2.06. The second-order valence-electron chi connectivity index (χ2n) is 3.28. The summed E-state index contributed by atoms with van der Waals surface area (Å²) < 4.78 is 12.8. The van der Waals surface area contributed by atoms with Crippen molar-refractivity contribution >= 4 is 24.0 Å². The van der Waals surface area contributed by atoms with Crippen LogP contribution in [0.3, 0.4) is 0 Å². The van der Waals surface area contributed by atoms with Crippen molar-refractivity contribution in [3.63, 3.8) is 0 Å². The summed E-state index contributed by atoms with van der Waals surface area (Å²) in [6, 6.07) is 2.84. The molecule has 0 aliphatic rings. The average Bonchev–Trinajstić information content (AvgIpc) is 2.29. The van der Waals surface area contributed by atoms with Crippen LogP contribution in [0, 0.1) is 15.9 Å². The Balaban J connectivity index is 0.00000289. The highest BCUT2D eigenvalue weighted by molar-refractivity contribution is 5.98. The number of benzene rings is 1. The molecular weight excluding hydrogens is 265 g/mol. The number of halogens is 2. The standard InChI is InChI=1S/C10H12FN3O3.ClH/c1-12-4-5-13-10(15)8-3-2-7(11)6-9(8)14(16)17;/h2-3,6,12H,4-5H2,1H3,(H,13,15);1H. The molecule has 0 saturated heterocycles. The molecule has 1 aromatic rings. The molecule has 2 N–H and O–H groups in total. The van der Waals surface area contributed by atoms with E-state index in [1.807, 2.05) is 0 Å². The topological polar surface area (TPSA) is 84.3 Å². The second kappa shape index (κ2) is 7.57. The number of likely N-dealkylation sites (N-methyl/N-ethyl adjacent to an activating group) is 1. The van der Waals surface area contributed by atoms with Crippen molar-refractivity contribution in [1.29, 1.82) is 0 Å². The number of hydrogen-bond donors (Lipinski definition) is 2. The monoisotopic (exact) mass is 277 g/mol. The summed E-state index contributed by atoms with van der Waals surface area (Å²) in [6.45, 7) is 0.880. The quantitative estimate of drug-likeness (QED) is 0.480. The predicted molar refractivity (Wildman–Crippen MR) is 66.6 cm³/mol. The Kier molecular flexibility index (Phi) is 6.84. The first-order valence-corrected chi connectivity index (χ1v) is 4.93. The van der Waals surface area contributed by atoms with Gasteiger partial charge in [-0.25, -0.2) is 4.39 Å². The molecule has 18 heavy (non-hydrogen) atoms. The van der Waals surface area contributed by atoms with Crippen LogP contribution in [0.15, 0.2) is 18.2 Å². The van der Waals surface area contributed by atoms with Crippen LogP contribution in [0.25, 0.3) is 0 Å². The van der Waals surface area contributed by atoms with Gasteiger partial charge in [-0.2, -0.15) is 0 Å². The minimum atomic E-state index is -0.782. The van der Waals surface area contributed by atoms with Gasteiger partial charge in [-0.1, -0.05) is 0 Å². The lowest BCUT2D eigenvalue weighted by molar-refractivity contribution is -0.385. The van der Waals surface area contributed by atoms with Crippen molar-refractivity contribution < 1.29 is 14.1 Å². The Morgan fingerprint density at radius 3 is 2.67 bits per heavy atom. The fraction of sp³-hybridized carbons (Fsp3) is 0.300. The van der Waals surface area contributed by atoms with Gasteiger partial charge in [0.2, 0.25) is 0 Å². The highest BCUT2D eigenvalue weighted by atomic mass is 35.5. The van der Waals surface area contributed by atoms with Gasteiger partial charge in [0.05, 0.1) is 11.0 Å². The highest BCUT2D eigenvalue weighted by Crippen LogP contribution is 2.19. The molecule has 0 unspecified atom stereocenters. The Morgan fingerprint density at radius 1 is 1.44 bits per heavy atom. The zero-order chi connectivity index (χ0) is 12.8. The molecule has 0 aromatic heterocycles. The van der Waals surface area contributed by atoms with Crippen molar-refractivity contribution in [2.24, 2.45) is 0 Å². The number of nitro benzene ring substituents is 1. The van der Waals surface area contributed by atoms with Crippen LogP contribution in [0.4, 0.5) is 10.1 Å². The van der Waals surface area contributed by atoms with Crippen molar-refractivity contribution in [2.75, 3.05) is 20.1 Å². The van der Waals surface area contributed by atoms with Crippen molar-refractivity contribution in [3.05, 3.63) is 39.7 Å². The lowest BCUT2D eigenvalue weighted by Crippen LogP contribution is -2.30. The fourth-order valence-electron chi connectivity index (χ4n) is 1.24. The highest BCUT2D eigenvalue weighted by Gasteiger charge is 2.20. The number of amides is 1. The predicted octanol–water partition coefficient (Wildman–Crippen LogP) is 1.10. The van der Waals surface area contributed by atoms with Gasteiger partial charge in [0.1, 0.15) is 11.4 Å². The molecule has 6 nitrogen and oxygen atoms in total. The van der Waals surface area contributed by atoms with Crippen LogP contribution in [-0.2, 0) is 0 Å². The van der Waals surface area contributed by atoms with E-state index in [9.17, 15) is 19.3 Å². The number of nitrogens with one attached hydrogen (secondary N) is 2. The summed E-state index contributed by atoms with van der Waals surface area (Å²) >= 11 is 0. The van der Waals surface area contributed by atoms with E-state index in [-0.39, 0.29) is 18.0 Å². The molecule has 0 heterocycles. The van der Waals surface area contributed by atoms with E-state index in [1.165, 1.54) is 0 Å². The number of hydrogen-bond acceptors (Lipinski definition) is 4. The molecule has 1 aromatic carbocycles. The van der Waals surface area contributed by atoms with Crippen LogP contribution < -0.4 is 10.6 Å². The van der Waals surface area contributed by atoms with Gasteiger partial charge >= 0.3 is 0 Å². The summed E-state index contributed by atoms with van der Waals surface area (Å²) in [5, 5.41) is 16.0. The van der Waals surface area contributed by atoms with Gasteiger partial charge in [-0.05, 0) is 19.2 Å². The van der Waals surface area contributed by atoms with Crippen LogP contribution in [0.5, 0.6) is 0 Å². The first-order chi connectivity index (χ1) is 8.06. The lowest BCUT2D eigenvalue weighted by Gasteiger charge is -2.05.